The molecule has 0 saturated carbocycles. The van der Waals surface area contributed by atoms with E-state index >= 15 is 0 Å². The second-order valence-electron chi connectivity index (χ2n) is 9.00. The van der Waals surface area contributed by atoms with Gasteiger partial charge in [-0.2, -0.15) is 5.10 Å². The molecule has 2 heterocycles. The molecule has 6 nitrogen and oxygen atoms in total. The molecule has 0 saturated heterocycles. The van der Waals surface area contributed by atoms with Crippen LogP contribution in [0.15, 0.2) is 120 Å². The number of para-hydroxylation sites is 2. The largest absolute Gasteiger partial charge is 0.494 e. The molecular weight excluding hydrogens is 460 g/mol. The Bertz CT molecular complexity index is 1630. The Morgan fingerprint density at radius 3 is 2.14 bits per heavy atom. The molecule has 2 unspecified atom stereocenters. The molecule has 4 aromatic carbocycles. The zero-order valence-corrected chi connectivity index (χ0v) is 19.9. The fourth-order valence-electron chi connectivity index (χ4n) is 5.11. The summed E-state index contributed by atoms with van der Waals surface area (Å²) in [5, 5.41) is 27.7. The molecule has 0 aliphatic carbocycles. The third kappa shape index (κ3) is 3.89. The van der Waals surface area contributed by atoms with Gasteiger partial charge in [-0.1, -0.05) is 97.1 Å². The quantitative estimate of drug-likeness (QED) is 0.245. The van der Waals surface area contributed by atoms with Crippen LogP contribution in [0.4, 0.5) is 5.69 Å². The number of aromatic amines is 1. The van der Waals surface area contributed by atoms with Gasteiger partial charge in [0.05, 0.1) is 23.2 Å². The van der Waals surface area contributed by atoms with Crippen LogP contribution in [-0.2, 0) is 0 Å². The minimum Gasteiger partial charge on any atom is -0.494 e. The molecule has 0 amide bonds. The van der Waals surface area contributed by atoms with Crippen molar-refractivity contribution in [1.82, 2.24) is 4.98 Å². The molecule has 0 spiro atoms. The molecule has 2 atom stereocenters. The normalized spacial score (nSPS) is 16.1. The van der Waals surface area contributed by atoms with E-state index < -0.39 is 11.8 Å². The summed E-state index contributed by atoms with van der Waals surface area (Å²) in [5.41, 5.74) is 3.86. The minimum absolute atomic E-state index is 0.0751. The first-order valence-electron chi connectivity index (χ1n) is 12.1. The third-order valence-corrected chi connectivity index (χ3v) is 6.81. The first-order chi connectivity index (χ1) is 18.1. The van der Waals surface area contributed by atoms with E-state index in [1.165, 1.54) is 0 Å². The van der Waals surface area contributed by atoms with Crippen LogP contribution in [0.5, 0.6) is 5.88 Å². The molecule has 1 aliphatic heterocycles. The Hall–Kier alpha value is -4.97. The zero-order valence-electron chi connectivity index (χ0n) is 19.9. The van der Waals surface area contributed by atoms with Crippen molar-refractivity contribution >= 4 is 33.9 Å². The van der Waals surface area contributed by atoms with E-state index in [0.717, 1.165) is 22.2 Å². The number of amidine groups is 1. The second kappa shape index (κ2) is 9.24. The minimum atomic E-state index is -0.890. The molecule has 0 radical (unpaired) electrons. The molecule has 6 heteroatoms. The van der Waals surface area contributed by atoms with Crippen molar-refractivity contribution in [2.75, 3.05) is 5.01 Å². The summed E-state index contributed by atoms with van der Waals surface area (Å²) < 4.78 is 0. The van der Waals surface area contributed by atoms with Crippen LogP contribution >= 0.6 is 0 Å². The van der Waals surface area contributed by atoms with Gasteiger partial charge in [-0.3, -0.25) is 10.2 Å². The topological polar surface area (TPSA) is 92.5 Å². The van der Waals surface area contributed by atoms with Gasteiger partial charge in [0, 0.05) is 22.0 Å². The van der Waals surface area contributed by atoms with E-state index in [1.807, 2.05) is 103 Å². The Morgan fingerprint density at radius 1 is 0.838 bits per heavy atom. The summed E-state index contributed by atoms with van der Waals surface area (Å²) in [4.78, 5) is 17.3. The Morgan fingerprint density at radius 2 is 1.43 bits per heavy atom. The molecule has 1 aliphatic rings. The maximum Gasteiger partial charge on any atom is 0.193 e. The molecule has 180 valence electrons. The number of H-pyrrole nitrogens is 1. The van der Waals surface area contributed by atoms with Gasteiger partial charge in [0.1, 0.15) is 5.84 Å². The highest BCUT2D eigenvalue weighted by atomic mass is 16.3. The number of aromatic hydroxyl groups is 1. The number of hydrazone groups is 1. The number of hydrogen-bond donors (Lipinski definition) is 3. The van der Waals surface area contributed by atoms with E-state index in [9.17, 15) is 15.3 Å². The number of nitrogens with one attached hydrogen (secondary N) is 2. The van der Waals surface area contributed by atoms with Gasteiger partial charge < -0.3 is 10.1 Å². The fraction of sp³-hybridized carbons (Fsp3) is 0.0645. The van der Waals surface area contributed by atoms with Crippen LogP contribution < -0.4 is 5.01 Å². The van der Waals surface area contributed by atoms with E-state index in [0.29, 0.717) is 16.8 Å². The average Bonchev–Trinajstić information content (AvgIpc) is 3.47. The van der Waals surface area contributed by atoms with Crippen molar-refractivity contribution in [2.45, 2.75) is 5.92 Å². The van der Waals surface area contributed by atoms with E-state index in [1.54, 1.807) is 17.1 Å². The van der Waals surface area contributed by atoms with Crippen molar-refractivity contribution in [3.63, 3.8) is 0 Å². The number of nitrogens with zero attached hydrogens (tertiary/aromatic N) is 2. The maximum atomic E-state index is 14.3. The first kappa shape index (κ1) is 22.5. The summed E-state index contributed by atoms with van der Waals surface area (Å²) in [6.45, 7) is 0. The highest BCUT2D eigenvalue weighted by molar-refractivity contribution is 6.26. The van der Waals surface area contributed by atoms with Crippen LogP contribution in [0.1, 0.15) is 27.4 Å². The number of ketones is 1. The molecule has 0 bridgehead atoms. The molecule has 5 aromatic rings. The number of carbonyl (C=O) groups excluding carboxylic acids is 1. The third-order valence-electron chi connectivity index (χ3n) is 6.81. The van der Waals surface area contributed by atoms with Crippen LogP contribution in [0, 0.1) is 11.3 Å². The van der Waals surface area contributed by atoms with Crippen LogP contribution in [0.25, 0.3) is 10.9 Å². The molecule has 0 fully saturated rings. The summed E-state index contributed by atoms with van der Waals surface area (Å²) >= 11 is 0. The lowest BCUT2D eigenvalue weighted by Crippen LogP contribution is -2.35. The SMILES string of the molecule is N=C1C(C(C(=O)c2ccccc2)c2c(O)[nH]c3ccccc23)C(c2ccccc2)=NN1c1ccccc1. The predicted octanol–water partition coefficient (Wildman–Crippen LogP) is 6.36. The number of fused-ring (bicyclic) bond motifs is 1. The Balaban J connectivity index is 1.59. The number of benzene rings is 4. The van der Waals surface area contributed by atoms with Crippen LogP contribution in [-0.4, -0.2) is 27.4 Å². The standard InChI is InChI=1S/C31H24N4O2/c32-30-27(28(20-12-4-1-5-13-20)34-35(30)22-16-8-3-9-17-22)26(29(36)21-14-6-2-7-15-21)25-23-18-10-11-19-24(23)33-31(25)37/h1-19,26-27,32-33,37H. The van der Waals surface area contributed by atoms with Gasteiger partial charge in [0.2, 0.25) is 0 Å². The number of rotatable bonds is 6. The summed E-state index contributed by atoms with van der Waals surface area (Å²) in [6.07, 6.45) is 0. The van der Waals surface area contributed by atoms with Crippen molar-refractivity contribution < 1.29 is 9.90 Å². The maximum absolute atomic E-state index is 14.3. The van der Waals surface area contributed by atoms with Crippen molar-refractivity contribution in [3.8, 4) is 5.88 Å². The highest BCUT2D eigenvalue weighted by Crippen LogP contribution is 2.44. The molecule has 37 heavy (non-hydrogen) atoms. The Labute approximate surface area is 214 Å². The average molecular weight is 485 g/mol. The number of anilines is 1. The first-order valence-corrected chi connectivity index (χ1v) is 12.1. The van der Waals surface area contributed by atoms with Gasteiger partial charge in [0.25, 0.3) is 0 Å². The van der Waals surface area contributed by atoms with Crippen LogP contribution in [0.2, 0.25) is 0 Å². The fourth-order valence-corrected chi connectivity index (χ4v) is 5.11. The van der Waals surface area contributed by atoms with Gasteiger partial charge in [-0.25, -0.2) is 5.01 Å². The van der Waals surface area contributed by atoms with E-state index in [2.05, 4.69) is 4.98 Å². The lowest BCUT2D eigenvalue weighted by molar-refractivity contribution is 0.0952. The van der Waals surface area contributed by atoms with E-state index in [-0.39, 0.29) is 17.5 Å². The number of Topliss-reactive ketones (excluding diaryl/α,β-unsaturated/α-hetero) is 1. The lowest BCUT2D eigenvalue weighted by atomic mass is 9.76. The van der Waals surface area contributed by atoms with Gasteiger partial charge in [-0.05, 0) is 23.8 Å². The van der Waals surface area contributed by atoms with Crippen molar-refractivity contribution in [3.05, 3.63) is 132 Å². The molecular formula is C31H24N4O2. The highest BCUT2D eigenvalue weighted by Gasteiger charge is 2.45. The monoisotopic (exact) mass is 484 g/mol. The van der Waals surface area contributed by atoms with Crippen LogP contribution in [0.3, 0.4) is 0 Å². The predicted molar refractivity (Wildman–Crippen MR) is 147 cm³/mol. The van der Waals surface area contributed by atoms with Crippen molar-refractivity contribution in [1.29, 1.82) is 5.41 Å². The molecule has 1 aromatic heterocycles. The smallest absolute Gasteiger partial charge is 0.193 e. The van der Waals surface area contributed by atoms with Gasteiger partial charge in [0.15, 0.2) is 11.7 Å². The van der Waals surface area contributed by atoms with Gasteiger partial charge in [-0.15, -0.1) is 0 Å². The summed E-state index contributed by atoms with van der Waals surface area (Å²) in [5.74, 6) is -1.72. The van der Waals surface area contributed by atoms with E-state index in [4.69, 9.17) is 5.10 Å². The number of aromatic nitrogens is 1. The van der Waals surface area contributed by atoms with Gasteiger partial charge >= 0.3 is 0 Å². The second-order valence-corrected chi connectivity index (χ2v) is 9.00. The number of hydrogen-bond acceptors (Lipinski definition) is 4. The molecule has 6 rings (SSSR count). The lowest BCUT2D eigenvalue weighted by Gasteiger charge is -2.25. The molecule has 3 N–H and O–H groups in total. The number of carbonyl (C=O) groups is 1. The Kier molecular flexibility index (Phi) is 5.62. The summed E-state index contributed by atoms with van der Waals surface area (Å²) in [7, 11) is 0. The van der Waals surface area contributed by atoms with Crippen molar-refractivity contribution in [2.24, 2.45) is 11.0 Å². The zero-order chi connectivity index (χ0) is 25.4. The summed E-state index contributed by atoms with van der Waals surface area (Å²) in [6, 6.07) is 35.7.